The summed E-state index contributed by atoms with van der Waals surface area (Å²) in [6, 6.07) is 24.9. The van der Waals surface area contributed by atoms with Crippen LogP contribution in [0.2, 0.25) is 0 Å². The third kappa shape index (κ3) is 4.26. The Hall–Kier alpha value is -3.51. The molecule has 166 valence electrons. The average molecular weight is 454 g/mol. The van der Waals surface area contributed by atoms with Crippen LogP contribution >= 0.6 is 12.2 Å². The molecule has 1 aliphatic rings. The Morgan fingerprint density at radius 2 is 1.67 bits per heavy atom. The highest BCUT2D eigenvalue weighted by molar-refractivity contribution is 7.80. The van der Waals surface area contributed by atoms with E-state index in [0.717, 1.165) is 22.8 Å². The molecule has 5 nitrogen and oxygen atoms in total. The first-order valence-electron chi connectivity index (χ1n) is 11.3. The predicted molar refractivity (Wildman–Crippen MR) is 136 cm³/mol. The zero-order valence-electron chi connectivity index (χ0n) is 18.8. The van der Waals surface area contributed by atoms with Crippen molar-refractivity contribution >= 4 is 23.0 Å². The molecule has 0 bridgehead atoms. The molecule has 2 unspecified atom stereocenters. The van der Waals surface area contributed by atoms with Gasteiger partial charge in [-0.1, -0.05) is 38.1 Å². The van der Waals surface area contributed by atoms with Gasteiger partial charge in [0, 0.05) is 30.0 Å². The van der Waals surface area contributed by atoms with E-state index in [0.29, 0.717) is 17.6 Å². The minimum atomic E-state index is -0.0687. The molecule has 1 aromatic carbocycles. The second kappa shape index (κ2) is 9.16. The van der Waals surface area contributed by atoms with Gasteiger partial charge in [0.25, 0.3) is 0 Å². The molecule has 6 heteroatoms. The largest absolute Gasteiger partial charge is 0.351 e. The summed E-state index contributed by atoms with van der Waals surface area (Å²) >= 11 is 5.87. The Balaban J connectivity index is 1.58. The smallest absolute Gasteiger partial charge is 0.174 e. The Bertz CT molecular complexity index is 1220. The maximum absolute atomic E-state index is 5.87. The highest BCUT2D eigenvalue weighted by Gasteiger charge is 2.42. The lowest BCUT2D eigenvalue weighted by Gasteiger charge is -2.29. The average Bonchev–Trinajstić information content (AvgIpc) is 3.44. The molecule has 3 aromatic heterocycles. The van der Waals surface area contributed by atoms with Gasteiger partial charge in [-0.3, -0.25) is 9.97 Å². The van der Waals surface area contributed by atoms with Gasteiger partial charge in [-0.15, -0.1) is 0 Å². The summed E-state index contributed by atoms with van der Waals surface area (Å²) in [5, 5.41) is 4.26. The Kier molecular flexibility index (Phi) is 5.92. The van der Waals surface area contributed by atoms with E-state index in [4.69, 9.17) is 12.2 Å². The van der Waals surface area contributed by atoms with Crippen LogP contribution in [0.25, 0.3) is 0 Å². The maximum Gasteiger partial charge on any atom is 0.174 e. The monoisotopic (exact) mass is 453 g/mol. The normalized spacial score (nSPS) is 18.0. The third-order valence-corrected chi connectivity index (χ3v) is 6.48. The van der Waals surface area contributed by atoms with Crippen LogP contribution in [0.4, 0.5) is 5.69 Å². The summed E-state index contributed by atoms with van der Waals surface area (Å²) in [4.78, 5) is 11.4. The van der Waals surface area contributed by atoms with Gasteiger partial charge in [0.1, 0.15) is 6.04 Å². The topological polar surface area (TPSA) is 46.0 Å². The van der Waals surface area contributed by atoms with Gasteiger partial charge >= 0.3 is 0 Å². The molecule has 1 aliphatic heterocycles. The van der Waals surface area contributed by atoms with Gasteiger partial charge in [-0.2, -0.15) is 0 Å². The number of aromatic nitrogens is 3. The number of benzene rings is 1. The van der Waals surface area contributed by atoms with Crippen LogP contribution in [0.15, 0.2) is 91.4 Å². The van der Waals surface area contributed by atoms with Crippen LogP contribution in [0.1, 0.15) is 54.5 Å². The fourth-order valence-corrected chi connectivity index (χ4v) is 4.81. The van der Waals surface area contributed by atoms with Crippen LogP contribution < -0.4 is 10.2 Å². The molecule has 4 aromatic rings. The first-order valence-corrected chi connectivity index (χ1v) is 11.7. The number of thiocarbonyl (C=S) groups is 1. The first-order chi connectivity index (χ1) is 16.1. The highest BCUT2D eigenvalue weighted by Crippen LogP contribution is 2.41. The molecule has 2 atom stereocenters. The van der Waals surface area contributed by atoms with Gasteiger partial charge in [0.2, 0.25) is 0 Å². The zero-order valence-corrected chi connectivity index (χ0v) is 19.6. The predicted octanol–water partition coefficient (Wildman–Crippen LogP) is 5.63. The molecule has 1 saturated heterocycles. The lowest BCUT2D eigenvalue weighted by Crippen LogP contribution is -2.30. The van der Waals surface area contributed by atoms with Crippen LogP contribution in [-0.2, 0) is 6.54 Å². The van der Waals surface area contributed by atoms with Crippen molar-refractivity contribution < 1.29 is 0 Å². The maximum atomic E-state index is 5.87. The van der Waals surface area contributed by atoms with E-state index in [1.54, 1.807) is 0 Å². The molecular formula is C27H27N5S. The van der Waals surface area contributed by atoms with E-state index >= 15 is 0 Å². The number of nitrogens with zero attached hydrogens (tertiary/aromatic N) is 4. The molecule has 5 rings (SSSR count). The van der Waals surface area contributed by atoms with E-state index in [-0.39, 0.29) is 12.1 Å². The summed E-state index contributed by atoms with van der Waals surface area (Å²) in [6.45, 7) is 5.12. The van der Waals surface area contributed by atoms with Crippen molar-refractivity contribution in [1.82, 2.24) is 19.9 Å². The second-order valence-corrected chi connectivity index (χ2v) is 9.01. The Morgan fingerprint density at radius 1 is 0.909 bits per heavy atom. The van der Waals surface area contributed by atoms with Crippen molar-refractivity contribution in [2.24, 2.45) is 0 Å². The van der Waals surface area contributed by atoms with Crippen molar-refractivity contribution in [1.29, 1.82) is 0 Å². The van der Waals surface area contributed by atoms with Crippen molar-refractivity contribution in [2.45, 2.75) is 38.4 Å². The molecule has 1 N–H and O–H groups in total. The molecule has 33 heavy (non-hydrogen) atoms. The fraction of sp³-hybridized carbons (Fsp3) is 0.222. The number of hydrogen-bond acceptors (Lipinski definition) is 3. The SMILES string of the molecule is CC(C)c1ccc(N2C(=S)NC(c3ccccn3)C2c2cccn2Cc2ccccn2)cc1. The van der Waals surface area contributed by atoms with E-state index in [1.165, 1.54) is 5.56 Å². The zero-order chi connectivity index (χ0) is 22.8. The number of pyridine rings is 2. The van der Waals surface area contributed by atoms with Crippen molar-refractivity contribution in [2.75, 3.05) is 4.90 Å². The lowest BCUT2D eigenvalue weighted by molar-refractivity contribution is 0.532. The van der Waals surface area contributed by atoms with Crippen molar-refractivity contribution in [3.63, 3.8) is 0 Å². The second-order valence-electron chi connectivity index (χ2n) is 8.62. The molecular weight excluding hydrogens is 426 g/mol. The minimum Gasteiger partial charge on any atom is -0.351 e. The summed E-state index contributed by atoms with van der Waals surface area (Å²) in [5.41, 5.74) is 5.54. The summed E-state index contributed by atoms with van der Waals surface area (Å²) in [6.07, 6.45) is 5.79. The number of hydrogen-bond donors (Lipinski definition) is 1. The van der Waals surface area contributed by atoms with Gasteiger partial charge in [0.05, 0.1) is 24.0 Å². The molecule has 4 heterocycles. The van der Waals surface area contributed by atoms with Crippen LogP contribution in [0, 0.1) is 0 Å². The van der Waals surface area contributed by atoms with Gasteiger partial charge < -0.3 is 14.8 Å². The molecule has 0 amide bonds. The van der Waals surface area contributed by atoms with Crippen LogP contribution in [0.3, 0.4) is 0 Å². The summed E-state index contributed by atoms with van der Waals surface area (Å²) < 4.78 is 2.26. The quantitative estimate of drug-likeness (QED) is 0.384. The summed E-state index contributed by atoms with van der Waals surface area (Å²) in [5.74, 6) is 0.482. The Morgan fingerprint density at radius 3 is 2.33 bits per heavy atom. The van der Waals surface area contributed by atoms with E-state index in [1.807, 2.05) is 36.7 Å². The van der Waals surface area contributed by atoms with Crippen LogP contribution in [-0.4, -0.2) is 19.6 Å². The van der Waals surface area contributed by atoms with Gasteiger partial charge in [-0.05, 0) is 72.2 Å². The van der Waals surface area contributed by atoms with E-state index < -0.39 is 0 Å². The molecule has 1 fully saturated rings. The van der Waals surface area contributed by atoms with Crippen molar-refractivity contribution in [3.05, 3.63) is 114 Å². The van der Waals surface area contributed by atoms with Gasteiger partial charge in [0.15, 0.2) is 5.11 Å². The van der Waals surface area contributed by atoms with Gasteiger partial charge in [-0.25, -0.2) is 0 Å². The first kappa shape index (κ1) is 21.3. The van der Waals surface area contributed by atoms with Crippen molar-refractivity contribution in [3.8, 4) is 0 Å². The molecule has 0 saturated carbocycles. The Labute approximate surface area is 200 Å². The lowest BCUT2D eigenvalue weighted by atomic mass is 9.99. The number of anilines is 1. The molecule has 0 aliphatic carbocycles. The highest BCUT2D eigenvalue weighted by atomic mass is 32.1. The third-order valence-electron chi connectivity index (χ3n) is 6.16. The summed E-state index contributed by atoms with van der Waals surface area (Å²) in [7, 11) is 0. The van der Waals surface area contributed by atoms with E-state index in [9.17, 15) is 0 Å². The molecule has 0 spiro atoms. The number of rotatable bonds is 6. The number of nitrogens with one attached hydrogen (secondary N) is 1. The minimum absolute atomic E-state index is 0.0454. The fourth-order valence-electron chi connectivity index (χ4n) is 4.46. The standard InChI is InChI=1S/C27H27N5S/c1-19(2)20-11-13-22(14-12-20)32-26(25(30-27(32)33)23-9-4-6-16-29-23)24-10-7-17-31(24)18-21-8-3-5-15-28-21/h3-17,19,25-26H,18H2,1-2H3,(H,30,33). The molecule has 0 radical (unpaired) electrons. The van der Waals surface area contributed by atoms with Crippen LogP contribution in [0.5, 0.6) is 0 Å². The van der Waals surface area contributed by atoms with E-state index in [2.05, 4.69) is 93.3 Å².